The molecule has 0 bridgehead atoms. The van der Waals surface area contributed by atoms with Crippen LogP contribution in [0.1, 0.15) is 25.3 Å². The first-order valence-electron chi connectivity index (χ1n) is 5.46. The van der Waals surface area contributed by atoms with Crippen LogP contribution in [0.5, 0.6) is 5.75 Å². The molecular weight excluding hydrogens is 223 g/mol. The number of carboxylic acid groups (broad SMARTS) is 1. The van der Waals surface area contributed by atoms with Crippen molar-refractivity contribution in [3.8, 4) is 5.75 Å². The third-order valence-electron chi connectivity index (χ3n) is 3.62. The first-order chi connectivity index (χ1) is 7.89. The van der Waals surface area contributed by atoms with Crippen LogP contribution in [0.25, 0.3) is 0 Å². The number of hydrogen-bond donors (Lipinski definition) is 1. The van der Waals surface area contributed by atoms with E-state index in [0.717, 1.165) is 0 Å². The highest BCUT2D eigenvalue weighted by molar-refractivity contribution is 5.78. The fraction of sp³-hybridized carbons (Fsp3) is 0.462. The monoisotopic (exact) mass is 238 g/mol. The van der Waals surface area contributed by atoms with Gasteiger partial charge in [0.05, 0.1) is 13.0 Å². The van der Waals surface area contributed by atoms with Crippen LogP contribution in [0.3, 0.4) is 0 Å². The molecule has 3 nitrogen and oxygen atoms in total. The van der Waals surface area contributed by atoms with Gasteiger partial charge in [0, 0.05) is 11.5 Å². The van der Waals surface area contributed by atoms with Crippen LogP contribution >= 0.6 is 0 Å². The smallest absolute Gasteiger partial charge is 0.307 e. The van der Waals surface area contributed by atoms with E-state index in [0.29, 0.717) is 11.3 Å². The quantitative estimate of drug-likeness (QED) is 0.880. The van der Waals surface area contributed by atoms with E-state index < -0.39 is 11.9 Å². The lowest BCUT2D eigenvalue weighted by Gasteiger charge is -2.09. The lowest BCUT2D eigenvalue weighted by atomic mass is 10.0. The Hall–Kier alpha value is -1.58. The molecular formula is C13H15FO3. The van der Waals surface area contributed by atoms with E-state index in [-0.39, 0.29) is 17.2 Å². The number of benzene rings is 1. The average Bonchev–Trinajstić information content (AvgIpc) is 2.81. The Morgan fingerprint density at radius 3 is 2.59 bits per heavy atom. The molecule has 1 aromatic rings. The molecule has 92 valence electrons. The Bertz CT molecular complexity index is 468. The van der Waals surface area contributed by atoms with Gasteiger partial charge in [0.1, 0.15) is 11.6 Å². The molecule has 0 radical (unpaired) electrons. The van der Waals surface area contributed by atoms with Crippen molar-refractivity contribution in [2.24, 2.45) is 11.3 Å². The summed E-state index contributed by atoms with van der Waals surface area (Å²) in [4.78, 5) is 11.1. The third-order valence-corrected chi connectivity index (χ3v) is 3.62. The largest absolute Gasteiger partial charge is 0.496 e. The molecule has 1 aliphatic carbocycles. The van der Waals surface area contributed by atoms with Crippen LogP contribution in [0.2, 0.25) is 0 Å². The first-order valence-corrected chi connectivity index (χ1v) is 5.46. The van der Waals surface area contributed by atoms with E-state index in [9.17, 15) is 9.18 Å². The summed E-state index contributed by atoms with van der Waals surface area (Å²) in [7, 11) is 1.50. The SMILES string of the molecule is COc1ccc(F)cc1[C@H]1[C@H](C(=O)O)C1(C)C. The van der Waals surface area contributed by atoms with Crippen LogP contribution in [0.15, 0.2) is 18.2 Å². The maximum Gasteiger partial charge on any atom is 0.307 e. The second kappa shape index (κ2) is 3.72. The Labute approximate surface area is 99.2 Å². The van der Waals surface area contributed by atoms with Gasteiger partial charge in [0.25, 0.3) is 0 Å². The number of methoxy groups -OCH3 is 1. The predicted molar refractivity (Wildman–Crippen MR) is 60.6 cm³/mol. The molecule has 4 heteroatoms. The summed E-state index contributed by atoms with van der Waals surface area (Å²) in [5, 5.41) is 9.12. The molecule has 0 spiro atoms. The summed E-state index contributed by atoms with van der Waals surface area (Å²) in [6.45, 7) is 3.75. The number of hydrogen-bond acceptors (Lipinski definition) is 2. The molecule has 1 aliphatic rings. The van der Waals surface area contributed by atoms with E-state index in [4.69, 9.17) is 9.84 Å². The van der Waals surface area contributed by atoms with E-state index in [2.05, 4.69) is 0 Å². The number of ether oxygens (including phenoxy) is 1. The van der Waals surface area contributed by atoms with Gasteiger partial charge in [0.2, 0.25) is 0 Å². The molecule has 1 N–H and O–H groups in total. The van der Waals surface area contributed by atoms with Crippen LogP contribution in [0.4, 0.5) is 4.39 Å². The maximum absolute atomic E-state index is 13.2. The second-order valence-electron chi connectivity index (χ2n) is 5.00. The van der Waals surface area contributed by atoms with Gasteiger partial charge in [-0.3, -0.25) is 4.79 Å². The second-order valence-corrected chi connectivity index (χ2v) is 5.00. The summed E-state index contributed by atoms with van der Waals surface area (Å²) >= 11 is 0. The minimum absolute atomic E-state index is 0.189. The van der Waals surface area contributed by atoms with Gasteiger partial charge in [0.15, 0.2) is 0 Å². The summed E-state index contributed by atoms with van der Waals surface area (Å²) in [6.07, 6.45) is 0. The lowest BCUT2D eigenvalue weighted by molar-refractivity contribution is -0.139. The number of carboxylic acids is 1. The molecule has 0 amide bonds. The maximum atomic E-state index is 13.2. The summed E-state index contributed by atoms with van der Waals surface area (Å²) in [5.74, 6) is -1.32. The first kappa shape index (κ1) is 11.9. The summed E-state index contributed by atoms with van der Waals surface area (Å²) in [6, 6.07) is 4.22. The zero-order chi connectivity index (χ0) is 12.8. The van der Waals surface area contributed by atoms with Gasteiger partial charge in [-0.15, -0.1) is 0 Å². The normalized spacial score (nSPS) is 25.4. The van der Waals surface area contributed by atoms with Crippen molar-refractivity contribution < 1.29 is 19.0 Å². The zero-order valence-corrected chi connectivity index (χ0v) is 10.0. The number of rotatable bonds is 3. The third kappa shape index (κ3) is 1.77. The van der Waals surface area contributed by atoms with Gasteiger partial charge in [-0.05, 0) is 23.6 Å². The molecule has 0 aromatic heterocycles. The number of aliphatic carboxylic acids is 1. The van der Waals surface area contributed by atoms with Crippen molar-refractivity contribution in [3.05, 3.63) is 29.6 Å². The van der Waals surface area contributed by atoms with Crippen molar-refractivity contribution in [1.82, 2.24) is 0 Å². The van der Waals surface area contributed by atoms with Crippen LogP contribution < -0.4 is 4.74 Å². The molecule has 0 heterocycles. The van der Waals surface area contributed by atoms with Crippen molar-refractivity contribution >= 4 is 5.97 Å². The number of halogens is 1. The molecule has 1 fully saturated rings. The predicted octanol–water partition coefficient (Wildman–Crippen LogP) is 2.66. The van der Waals surface area contributed by atoms with Crippen molar-refractivity contribution in [3.63, 3.8) is 0 Å². The highest BCUT2D eigenvalue weighted by atomic mass is 19.1. The van der Waals surface area contributed by atoms with Crippen LogP contribution in [0, 0.1) is 17.2 Å². The van der Waals surface area contributed by atoms with Crippen LogP contribution in [-0.4, -0.2) is 18.2 Å². The van der Waals surface area contributed by atoms with Crippen LogP contribution in [-0.2, 0) is 4.79 Å². The fourth-order valence-corrected chi connectivity index (χ4v) is 2.63. The molecule has 2 atom stereocenters. The fourth-order valence-electron chi connectivity index (χ4n) is 2.63. The zero-order valence-electron chi connectivity index (χ0n) is 10.0. The van der Waals surface area contributed by atoms with Gasteiger partial charge >= 0.3 is 5.97 Å². The Kier molecular flexibility index (Phi) is 2.60. The molecule has 0 saturated heterocycles. The molecule has 1 aromatic carbocycles. The molecule has 1 saturated carbocycles. The van der Waals surface area contributed by atoms with Gasteiger partial charge in [-0.2, -0.15) is 0 Å². The van der Waals surface area contributed by atoms with Gasteiger partial charge < -0.3 is 9.84 Å². The Morgan fingerprint density at radius 1 is 1.47 bits per heavy atom. The van der Waals surface area contributed by atoms with Crippen molar-refractivity contribution in [2.75, 3.05) is 7.11 Å². The molecule has 17 heavy (non-hydrogen) atoms. The molecule has 2 rings (SSSR count). The van der Waals surface area contributed by atoms with E-state index in [1.807, 2.05) is 13.8 Å². The number of carbonyl (C=O) groups is 1. The molecule has 0 aliphatic heterocycles. The van der Waals surface area contributed by atoms with E-state index in [1.54, 1.807) is 0 Å². The average molecular weight is 238 g/mol. The summed E-state index contributed by atoms with van der Waals surface area (Å²) < 4.78 is 18.4. The van der Waals surface area contributed by atoms with Gasteiger partial charge in [-0.1, -0.05) is 13.8 Å². The van der Waals surface area contributed by atoms with E-state index >= 15 is 0 Å². The minimum atomic E-state index is -0.841. The Morgan fingerprint density at radius 2 is 2.12 bits per heavy atom. The highest BCUT2D eigenvalue weighted by Gasteiger charge is 2.63. The topological polar surface area (TPSA) is 46.5 Å². The van der Waals surface area contributed by atoms with Gasteiger partial charge in [-0.25, -0.2) is 4.39 Å². The highest BCUT2D eigenvalue weighted by Crippen LogP contribution is 2.65. The molecule has 0 unspecified atom stereocenters. The summed E-state index contributed by atoms with van der Waals surface area (Å²) in [5.41, 5.74) is 0.289. The van der Waals surface area contributed by atoms with E-state index in [1.165, 1.54) is 25.3 Å². The van der Waals surface area contributed by atoms with Crippen molar-refractivity contribution in [1.29, 1.82) is 0 Å². The lowest BCUT2D eigenvalue weighted by Crippen LogP contribution is -2.03. The minimum Gasteiger partial charge on any atom is -0.496 e. The van der Waals surface area contributed by atoms with Crippen molar-refractivity contribution in [2.45, 2.75) is 19.8 Å². The standard InChI is InChI=1S/C13H15FO3/c1-13(2)10(11(13)12(15)16)8-6-7(14)4-5-9(8)17-3/h4-6,10-11H,1-3H3,(H,15,16)/t10-,11+/m0/s1. The Balaban J connectivity index is 2.42.